The molecule has 0 saturated carbocycles. The molecule has 15 heavy (non-hydrogen) atoms. The van der Waals surface area contributed by atoms with Gasteiger partial charge in [-0.25, -0.2) is 0 Å². The highest BCUT2D eigenvalue weighted by atomic mass is 79.9. The lowest BCUT2D eigenvalue weighted by Gasteiger charge is -2.08. The van der Waals surface area contributed by atoms with Gasteiger partial charge in [0.2, 0.25) is 0 Å². The van der Waals surface area contributed by atoms with Crippen LogP contribution in [0.5, 0.6) is 5.75 Å². The van der Waals surface area contributed by atoms with E-state index in [4.69, 9.17) is 11.6 Å². The van der Waals surface area contributed by atoms with Crippen molar-refractivity contribution in [3.05, 3.63) is 39.3 Å². The number of aromatic hydroxyl groups is 1. The molecule has 1 aromatic rings. The third kappa shape index (κ3) is 3.86. The van der Waals surface area contributed by atoms with Gasteiger partial charge in [-0.15, -0.1) is 0 Å². The fourth-order valence-electron chi connectivity index (χ4n) is 1.27. The minimum Gasteiger partial charge on any atom is -0.506 e. The minimum atomic E-state index is 0.272. The average molecular weight is 291 g/mol. The van der Waals surface area contributed by atoms with Crippen LogP contribution in [0.15, 0.2) is 28.2 Å². The van der Waals surface area contributed by atoms with E-state index in [1.807, 2.05) is 19.1 Å². The number of hydrogen-bond acceptors (Lipinski definition) is 2. The quantitative estimate of drug-likeness (QED) is 0.892. The number of halogens is 2. The molecule has 0 amide bonds. The summed E-state index contributed by atoms with van der Waals surface area (Å²) < 4.78 is 0.712. The molecule has 82 valence electrons. The molecule has 0 aliphatic heterocycles. The van der Waals surface area contributed by atoms with Crippen molar-refractivity contribution in [3.63, 3.8) is 0 Å². The van der Waals surface area contributed by atoms with Gasteiger partial charge in [0, 0.05) is 23.7 Å². The Kier molecular flexibility index (Phi) is 4.64. The van der Waals surface area contributed by atoms with Crippen molar-refractivity contribution in [2.24, 2.45) is 0 Å². The Morgan fingerprint density at radius 1 is 1.60 bits per heavy atom. The van der Waals surface area contributed by atoms with E-state index in [1.165, 1.54) is 0 Å². The predicted octanol–water partition coefficient (Wildman–Crippen LogP) is 3.31. The molecule has 1 rings (SSSR count). The zero-order chi connectivity index (χ0) is 11.4. The highest BCUT2D eigenvalue weighted by Gasteiger charge is 2.06. The van der Waals surface area contributed by atoms with Crippen molar-refractivity contribution in [2.75, 3.05) is 6.54 Å². The zero-order valence-electron chi connectivity index (χ0n) is 8.48. The summed E-state index contributed by atoms with van der Waals surface area (Å²) in [6.07, 6.45) is 0. The molecule has 0 aliphatic rings. The van der Waals surface area contributed by atoms with Crippen LogP contribution in [0.1, 0.15) is 11.1 Å². The van der Waals surface area contributed by atoms with Gasteiger partial charge in [-0.2, -0.15) is 0 Å². The number of rotatable bonds is 4. The first-order valence-corrected chi connectivity index (χ1v) is 5.70. The molecular formula is C11H13BrClNO. The maximum Gasteiger partial charge on any atom is 0.134 e. The van der Waals surface area contributed by atoms with Gasteiger partial charge >= 0.3 is 0 Å². The molecule has 0 bridgehead atoms. The molecule has 4 heteroatoms. The normalized spacial score (nSPS) is 10.3. The minimum absolute atomic E-state index is 0.272. The van der Waals surface area contributed by atoms with Crippen LogP contribution in [0.2, 0.25) is 0 Å². The maximum atomic E-state index is 9.74. The fourth-order valence-corrected chi connectivity index (χ4v) is 1.98. The van der Waals surface area contributed by atoms with E-state index in [9.17, 15) is 5.11 Å². The molecule has 2 nitrogen and oxygen atoms in total. The van der Waals surface area contributed by atoms with Crippen LogP contribution >= 0.6 is 27.5 Å². The highest BCUT2D eigenvalue weighted by Crippen LogP contribution is 2.29. The second-order valence-electron chi connectivity index (χ2n) is 3.38. The third-order valence-electron chi connectivity index (χ3n) is 1.92. The number of phenols is 1. The number of aryl methyl sites for hydroxylation is 1. The summed E-state index contributed by atoms with van der Waals surface area (Å²) in [5, 5.41) is 13.4. The molecule has 0 heterocycles. The van der Waals surface area contributed by atoms with E-state index < -0.39 is 0 Å². The first-order valence-electron chi connectivity index (χ1n) is 4.52. The number of hydrogen-bond donors (Lipinski definition) is 2. The summed E-state index contributed by atoms with van der Waals surface area (Å²) in [6.45, 7) is 6.66. The second-order valence-corrected chi connectivity index (χ2v) is 4.76. The van der Waals surface area contributed by atoms with Crippen molar-refractivity contribution in [1.82, 2.24) is 5.32 Å². The molecule has 0 atom stereocenters. The lowest BCUT2D eigenvalue weighted by atomic mass is 10.1. The Balaban J connectivity index is 2.72. The van der Waals surface area contributed by atoms with Gasteiger partial charge in [0.25, 0.3) is 0 Å². The Labute approximate surface area is 103 Å². The monoisotopic (exact) mass is 289 g/mol. The topological polar surface area (TPSA) is 32.3 Å². The van der Waals surface area contributed by atoms with Gasteiger partial charge in [-0.05, 0) is 34.5 Å². The molecule has 0 aliphatic carbocycles. The van der Waals surface area contributed by atoms with Crippen LogP contribution in [0.3, 0.4) is 0 Å². The van der Waals surface area contributed by atoms with Gasteiger partial charge in [0.15, 0.2) is 0 Å². The molecule has 0 radical (unpaired) electrons. The van der Waals surface area contributed by atoms with Gasteiger partial charge in [0.05, 0.1) is 4.47 Å². The van der Waals surface area contributed by atoms with Crippen molar-refractivity contribution in [1.29, 1.82) is 0 Å². The van der Waals surface area contributed by atoms with Crippen LogP contribution in [-0.4, -0.2) is 11.7 Å². The summed E-state index contributed by atoms with van der Waals surface area (Å²) in [4.78, 5) is 0. The molecular weight excluding hydrogens is 277 g/mol. The summed E-state index contributed by atoms with van der Waals surface area (Å²) in [7, 11) is 0. The smallest absolute Gasteiger partial charge is 0.134 e. The van der Waals surface area contributed by atoms with Crippen LogP contribution in [0.4, 0.5) is 0 Å². The number of benzene rings is 1. The highest BCUT2D eigenvalue weighted by molar-refractivity contribution is 9.10. The average Bonchev–Trinajstić information content (AvgIpc) is 2.12. The summed E-state index contributed by atoms with van der Waals surface area (Å²) >= 11 is 8.91. The van der Waals surface area contributed by atoms with Gasteiger partial charge in [0.1, 0.15) is 5.75 Å². The van der Waals surface area contributed by atoms with E-state index in [2.05, 4.69) is 27.8 Å². The van der Waals surface area contributed by atoms with Crippen molar-refractivity contribution >= 4 is 27.5 Å². The Bertz CT molecular complexity index is 379. The van der Waals surface area contributed by atoms with Crippen LogP contribution in [0.25, 0.3) is 0 Å². The van der Waals surface area contributed by atoms with Crippen LogP contribution in [-0.2, 0) is 6.54 Å². The molecule has 0 spiro atoms. The first-order chi connectivity index (χ1) is 7.00. The van der Waals surface area contributed by atoms with Gasteiger partial charge < -0.3 is 10.4 Å². The van der Waals surface area contributed by atoms with Crippen LogP contribution in [0, 0.1) is 6.92 Å². The van der Waals surface area contributed by atoms with Crippen molar-refractivity contribution in [2.45, 2.75) is 13.5 Å². The Hall–Kier alpha value is -0.510. The molecule has 0 unspecified atom stereocenters. The van der Waals surface area contributed by atoms with E-state index in [1.54, 1.807) is 0 Å². The molecule has 0 saturated heterocycles. The van der Waals surface area contributed by atoms with Crippen molar-refractivity contribution < 1.29 is 5.11 Å². The second kappa shape index (κ2) is 5.54. The van der Waals surface area contributed by atoms with Crippen LogP contribution < -0.4 is 5.32 Å². The molecule has 2 N–H and O–H groups in total. The zero-order valence-corrected chi connectivity index (χ0v) is 10.8. The summed E-state index contributed by atoms with van der Waals surface area (Å²) in [6, 6.07) is 3.81. The SMILES string of the molecule is C=C(Cl)CNCc1cc(C)cc(Br)c1O. The fraction of sp³-hybridized carbons (Fsp3) is 0.273. The van der Waals surface area contributed by atoms with E-state index in [-0.39, 0.29) is 5.75 Å². The maximum absolute atomic E-state index is 9.74. The van der Waals surface area contributed by atoms with E-state index >= 15 is 0 Å². The molecule has 0 aromatic heterocycles. The number of nitrogens with one attached hydrogen (secondary N) is 1. The number of phenolic OH excluding ortho intramolecular Hbond substituents is 1. The summed E-state index contributed by atoms with van der Waals surface area (Å²) in [5.41, 5.74) is 1.95. The van der Waals surface area contributed by atoms with E-state index in [0.717, 1.165) is 11.1 Å². The van der Waals surface area contributed by atoms with Gasteiger partial charge in [-0.1, -0.05) is 24.2 Å². The lowest BCUT2D eigenvalue weighted by Crippen LogP contribution is -2.14. The Morgan fingerprint density at radius 2 is 2.27 bits per heavy atom. The molecule has 0 fully saturated rings. The largest absolute Gasteiger partial charge is 0.506 e. The van der Waals surface area contributed by atoms with Crippen molar-refractivity contribution in [3.8, 4) is 5.75 Å². The predicted molar refractivity (Wildman–Crippen MR) is 67.2 cm³/mol. The van der Waals surface area contributed by atoms with Gasteiger partial charge in [-0.3, -0.25) is 0 Å². The third-order valence-corrected chi connectivity index (χ3v) is 2.66. The molecule has 1 aromatic carbocycles. The lowest BCUT2D eigenvalue weighted by molar-refractivity contribution is 0.462. The van der Waals surface area contributed by atoms with E-state index in [0.29, 0.717) is 22.6 Å². The first kappa shape index (κ1) is 12.6. The Morgan fingerprint density at radius 3 is 2.87 bits per heavy atom. The summed E-state index contributed by atoms with van der Waals surface area (Å²) in [5.74, 6) is 0.272. The standard InChI is InChI=1S/C11H13BrClNO/c1-7-3-9(6-14-5-8(2)13)11(15)10(12)4-7/h3-4,14-15H,2,5-6H2,1H3.